The molecule has 6 nitrogen and oxygen atoms in total. The van der Waals surface area contributed by atoms with Crippen molar-refractivity contribution in [2.75, 3.05) is 5.32 Å². The van der Waals surface area contributed by atoms with Gasteiger partial charge in [-0.25, -0.2) is 9.79 Å². The predicted molar refractivity (Wildman–Crippen MR) is 105 cm³/mol. The zero-order valence-corrected chi connectivity index (χ0v) is 16.0. The minimum atomic E-state index is -4.75. The van der Waals surface area contributed by atoms with Crippen molar-refractivity contribution in [1.29, 1.82) is 0 Å². The molecule has 1 saturated carbocycles. The van der Waals surface area contributed by atoms with Gasteiger partial charge in [-0.1, -0.05) is 12.7 Å². The van der Waals surface area contributed by atoms with Crippen molar-refractivity contribution in [3.05, 3.63) is 49.2 Å². The van der Waals surface area contributed by atoms with Crippen LogP contribution in [0.1, 0.15) is 32.6 Å². The molecule has 0 aromatic heterocycles. The molecular weight excluding hydrogens is 387 g/mol. The summed E-state index contributed by atoms with van der Waals surface area (Å²) >= 11 is 0. The largest absolute Gasteiger partial charge is 0.573 e. The van der Waals surface area contributed by atoms with Gasteiger partial charge in [0.05, 0.1) is 0 Å². The van der Waals surface area contributed by atoms with Crippen LogP contribution in [0.2, 0.25) is 0 Å². The van der Waals surface area contributed by atoms with Gasteiger partial charge in [-0.05, 0) is 56.0 Å². The standard InChI is InChI=1S/C20H24F3N3O3/c1-3-4-13-24-14(2)28-17-9-5-15(6-10-17)25-19(27)26-16-7-11-18(12-8-16)29-20(21,22)23/h3-4,7-8,11-13,15,17H,1,5-6,9-10H2,2H3,(H2,25,26,27)/b13-4-,24-14+. The average Bonchev–Trinajstić information content (AvgIpc) is 2.64. The maximum Gasteiger partial charge on any atom is 0.573 e. The van der Waals surface area contributed by atoms with Gasteiger partial charge in [-0.2, -0.15) is 0 Å². The highest BCUT2D eigenvalue weighted by Gasteiger charge is 2.31. The van der Waals surface area contributed by atoms with Crippen LogP contribution < -0.4 is 15.4 Å². The number of carbonyl (C=O) groups excluding carboxylic acids is 1. The van der Waals surface area contributed by atoms with Gasteiger partial charge in [0.15, 0.2) is 5.90 Å². The van der Waals surface area contributed by atoms with Crippen molar-refractivity contribution >= 4 is 17.6 Å². The lowest BCUT2D eigenvalue weighted by atomic mass is 9.93. The van der Waals surface area contributed by atoms with Gasteiger partial charge >= 0.3 is 12.4 Å². The number of allylic oxidation sites excluding steroid dienone is 2. The molecule has 1 aliphatic carbocycles. The zero-order chi connectivity index (χ0) is 21.3. The maximum absolute atomic E-state index is 12.2. The summed E-state index contributed by atoms with van der Waals surface area (Å²) in [6.07, 6.45) is 3.34. The topological polar surface area (TPSA) is 72.0 Å². The van der Waals surface area contributed by atoms with E-state index in [1.165, 1.54) is 12.1 Å². The minimum absolute atomic E-state index is 0.000549. The SMILES string of the molecule is C=C/C=C\N=C(/C)OC1CCC(NC(=O)Nc2ccc(OC(F)(F)F)cc2)CC1. The molecule has 1 fully saturated rings. The molecule has 0 heterocycles. The summed E-state index contributed by atoms with van der Waals surface area (Å²) in [6.45, 7) is 5.35. The molecule has 9 heteroatoms. The Morgan fingerprint density at radius 3 is 2.45 bits per heavy atom. The Morgan fingerprint density at radius 1 is 1.21 bits per heavy atom. The first-order chi connectivity index (χ1) is 13.7. The van der Waals surface area contributed by atoms with Crippen LogP contribution >= 0.6 is 0 Å². The van der Waals surface area contributed by atoms with E-state index >= 15 is 0 Å². The molecule has 1 aromatic carbocycles. The van der Waals surface area contributed by atoms with E-state index in [1.54, 1.807) is 25.3 Å². The van der Waals surface area contributed by atoms with Crippen molar-refractivity contribution in [2.24, 2.45) is 4.99 Å². The second kappa shape index (κ2) is 10.5. The van der Waals surface area contributed by atoms with Crippen LogP contribution in [0, 0.1) is 0 Å². The molecule has 1 aliphatic rings. The third kappa shape index (κ3) is 8.71. The first kappa shape index (κ1) is 22.3. The number of alkyl halides is 3. The highest BCUT2D eigenvalue weighted by Crippen LogP contribution is 2.24. The Hall–Kier alpha value is -2.97. The van der Waals surface area contributed by atoms with Crippen LogP contribution in [0.5, 0.6) is 5.75 Å². The average molecular weight is 411 g/mol. The number of anilines is 1. The van der Waals surface area contributed by atoms with Crippen molar-refractivity contribution in [1.82, 2.24) is 5.32 Å². The Balaban J connectivity index is 1.73. The molecule has 0 spiro atoms. The number of ether oxygens (including phenoxy) is 2. The lowest BCUT2D eigenvalue weighted by molar-refractivity contribution is -0.274. The quantitative estimate of drug-likeness (QED) is 0.386. The number of hydrogen-bond donors (Lipinski definition) is 2. The van der Waals surface area contributed by atoms with E-state index < -0.39 is 12.4 Å². The summed E-state index contributed by atoms with van der Waals surface area (Å²) in [5.74, 6) is 0.232. The lowest BCUT2D eigenvalue weighted by Gasteiger charge is -2.29. The third-order valence-corrected chi connectivity index (χ3v) is 4.17. The molecular formula is C20H24F3N3O3. The molecule has 2 amide bonds. The van der Waals surface area contributed by atoms with Gasteiger partial charge in [0.2, 0.25) is 0 Å². The fourth-order valence-electron chi connectivity index (χ4n) is 2.90. The number of nitrogens with zero attached hydrogens (tertiary/aromatic N) is 1. The van der Waals surface area contributed by atoms with Crippen LogP contribution in [0.3, 0.4) is 0 Å². The molecule has 0 unspecified atom stereocenters. The Kier molecular flexibility index (Phi) is 8.11. The van der Waals surface area contributed by atoms with E-state index in [0.717, 1.165) is 37.8 Å². The predicted octanol–water partition coefficient (Wildman–Crippen LogP) is 5.15. The van der Waals surface area contributed by atoms with Gasteiger partial charge in [0, 0.05) is 24.9 Å². The highest BCUT2D eigenvalue weighted by atomic mass is 19.4. The molecule has 0 atom stereocenters. The number of rotatable bonds is 6. The van der Waals surface area contributed by atoms with E-state index in [4.69, 9.17) is 4.74 Å². The number of aliphatic imine (C=N–C) groups is 1. The molecule has 0 radical (unpaired) electrons. The van der Waals surface area contributed by atoms with Crippen molar-refractivity contribution in [2.45, 2.75) is 51.1 Å². The summed E-state index contributed by atoms with van der Waals surface area (Å²) in [6, 6.07) is 4.55. The first-order valence-electron chi connectivity index (χ1n) is 9.17. The molecule has 2 N–H and O–H groups in total. The van der Waals surface area contributed by atoms with Crippen LogP contribution in [0.15, 0.2) is 54.2 Å². The first-order valence-corrected chi connectivity index (χ1v) is 9.17. The number of halogens is 3. The fraction of sp³-hybridized carbons (Fsp3) is 0.400. The minimum Gasteiger partial charge on any atom is -0.478 e. The van der Waals surface area contributed by atoms with Gasteiger partial charge in [-0.3, -0.25) is 0 Å². The van der Waals surface area contributed by atoms with Crippen molar-refractivity contribution < 1.29 is 27.4 Å². The van der Waals surface area contributed by atoms with E-state index in [2.05, 4.69) is 26.9 Å². The monoisotopic (exact) mass is 411 g/mol. The van der Waals surface area contributed by atoms with Gasteiger partial charge < -0.3 is 20.1 Å². The second-order valence-electron chi connectivity index (χ2n) is 6.49. The van der Waals surface area contributed by atoms with Crippen LogP contribution in [0.25, 0.3) is 0 Å². The van der Waals surface area contributed by atoms with E-state index in [1.807, 2.05) is 0 Å². The van der Waals surface area contributed by atoms with Crippen molar-refractivity contribution in [3.8, 4) is 5.75 Å². The van der Waals surface area contributed by atoms with E-state index in [0.29, 0.717) is 11.6 Å². The van der Waals surface area contributed by atoms with Crippen LogP contribution in [-0.4, -0.2) is 30.4 Å². The third-order valence-electron chi connectivity index (χ3n) is 4.17. The summed E-state index contributed by atoms with van der Waals surface area (Å²) in [5, 5.41) is 5.47. The molecule has 1 aromatic rings. The van der Waals surface area contributed by atoms with Crippen molar-refractivity contribution in [3.63, 3.8) is 0 Å². The lowest BCUT2D eigenvalue weighted by Crippen LogP contribution is -2.41. The summed E-state index contributed by atoms with van der Waals surface area (Å²) in [5.41, 5.74) is 0.369. The zero-order valence-electron chi connectivity index (χ0n) is 16.0. The summed E-state index contributed by atoms with van der Waals surface area (Å²) < 4.78 is 46.0. The molecule has 0 saturated heterocycles. The molecule has 0 aliphatic heterocycles. The van der Waals surface area contributed by atoms with E-state index in [9.17, 15) is 18.0 Å². The Bertz CT molecular complexity index is 738. The Morgan fingerprint density at radius 2 is 1.86 bits per heavy atom. The summed E-state index contributed by atoms with van der Waals surface area (Å²) in [7, 11) is 0. The van der Waals surface area contributed by atoms with Gasteiger partial charge in [0.25, 0.3) is 0 Å². The highest BCUT2D eigenvalue weighted by molar-refractivity contribution is 5.89. The molecule has 158 valence electrons. The summed E-state index contributed by atoms with van der Waals surface area (Å²) in [4.78, 5) is 16.2. The number of benzene rings is 1. The normalized spacial score (nSPS) is 20.2. The van der Waals surface area contributed by atoms with Gasteiger partial charge in [-0.15, -0.1) is 13.2 Å². The second-order valence-corrected chi connectivity index (χ2v) is 6.49. The number of urea groups is 1. The van der Waals surface area contributed by atoms with Crippen LogP contribution in [0.4, 0.5) is 23.7 Å². The molecule has 0 bridgehead atoms. The maximum atomic E-state index is 12.2. The van der Waals surface area contributed by atoms with E-state index in [-0.39, 0.29) is 17.9 Å². The van der Waals surface area contributed by atoms with Crippen LogP contribution in [-0.2, 0) is 4.74 Å². The smallest absolute Gasteiger partial charge is 0.478 e. The number of hydrogen-bond acceptors (Lipinski definition) is 4. The number of amides is 2. The number of carbonyl (C=O) groups is 1. The molecule has 29 heavy (non-hydrogen) atoms. The fourth-order valence-corrected chi connectivity index (χ4v) is 2.90. The molecule has 2 rings (SSSR count). The number of nitrogens with one attached hydrogen (secondary N) is 2. The van der Waals surface area contributed by atoms with Gasteiger partial charge in [0.1, 0.15) is 11.9 Å². The Labute approximate surface area is 167 Å².